The van der Waals surface area contributed by atoms with Gasteiger partial charge in [0, 0.05) is 50.6 Å². The van der Waals surface area contributed by atoms with Crippen LogP contribution in [-0.4, -0.2) is 67.4 Å². The van der Waals surface area contributed by atoms with Gasteiger partial charge in [-0.1, -0.05) is 30.7 Å². The zero-order chi connectivity index (χ0) is 20.5. The molecule has 1 heterocycles. The second-order valence-electron chi connectivity index (χ2n) is 6.75. The molecule has 1 aliphatic rings. The van der Waals surface area contributed by atoms with E-state index in [2.05, 4.69) is 5.32 Å². The smallest absolute Gasteiger partial charge is 0.327 e. The number of carbonyl (C=O) groups excluding carboxylic acids is 3. The predicted octanol–water partition coefficient (Wildman–Crippen LogP) is 2.00. The Hall–Kier alpha value is -2.12. The molecule has 2 rings (SSSR count). The van der Waals surface area contributed by atoms with E-state index in [4.69, 9.17) is 16.3 Å². The van der Waals surface area contributed by atoms with Gasteiger partial charge in [-0.15, -0.1) is 0 Å². The van der Waals surface area contributed by atoms with Crippen molar-refractivity contribution in [3.05, 3.63) is 34.9 Å². The van der Waals surface area contributed by atoms with E-state index in [0.717, 1.165) is 12.0 Å². The summed E-state index contributed by atoms with van der Waals surface area (Å²) < 4.78 is 4.98. The van der Waals surface area contributed by atoms with Crippen LogP contribution in [-0.2, 0) is 19.1 Å². The van der Waals surface area contributed by atoms with Crippen molar-refractivity contribution in [2.45, 2.75) is 32.2 Å². The van der Waals surface area contributed by atoms with Crippen LogP contribution in [0.15, 0.2) is 24.3 Å². The predicted molar refractivity (Wildman–Crippen MR) is 107 cm³/mol. The number of nitrogens with one attached hydrogen (secondary N) is 1. The average Bonchev–Trinajstić information content (AvgIpc) is 2.71. The van der Waals surface area contributed by atoms with Crippen LogP contribution in [0.1, 0.15) is 37.8 Å². The Balaban J connectivity index is 1.92. The SMILES string of the molecule is CCCNC(=O)CCC(=O)N1CCN([C@H](C(=O)OC)c2cccc(Cl)c2)CC1. The first-order chi connectivity index (χ1) is 13.5. The number of rotatable bonds is 8. The first-order valence-electron chi connectivity index (χ1n) is 9.58. The fourth-order valence-corrected chi connectivity index (χ4v) is 3.44. The maximum atomic E-state index is 12.4. The quantitative estimate of drug-likeness (QED) is 0.664. The Morgan fingerprint density at radius 3 is 2.50 bits per heavy atom. The highest BCUT2D eigenvalue weighted by molar-refractivity contribution is 6.30. The van der Waals surface area contributed by atoms with Gasteiger partial charge in [0.25, 0.3) is 0 Å². The van der Waals surface area contributed by atoms with E-state index in [1.165, 1.54) is 7.11 Å². The van der Waals surface area contributed by atoms with Crippen molar-refractivity contribution in [3.63, 3.8) is 0 Å². The number of hydrogen-bond acceptors (Lipinski definition) is 5. The lowest BCUT2D eigenvalue weighted by Crippen LogP contribution is -2.51. The van der Waals surface area contributed by atoms with Gasteiger partial charge >= 0.3 is 5.97 Å². The number of nitrogens with zero attached hydrogens (tertiary/aromatic N) is 2. The third-order valence-electron chi connectivity index (χ3n) is 4.76. The van der Waals surface area contributed by atoms with Crippen LogP contribution >= 0.6 is 11.6 Å². The Morgan fingerprint density at radius 2 is 1.89 bits per heavy atom. The van der Waals surface area contributed by atoms with Crippen molar-refractivity contribution in [2.24, 2.45) is 0 Å². The number of carbonyl (C=O) groups is 3. The highest BCUT2D eigenvalue weighted by atomic mass is 35.5. The van der Waals surface area contributed by atoms with E-state index in [1.807, 2.05) is 17.9 Å². The molecule has 0 saturated carbocycles. The van der Waals surface area contributed by atoms with Crippen molar-refractivity contribution in [1.82, 2.24) is 15.1 Å². The van der Waals surface area contributed by atoms with Crippen molar-refractivity contribution in [3.8, 4) is 0 Å². The Labute approximate surface area is 171 Å². The molecule has 28 heavy (non-hydrogen) atoms. The maximum absolute atomic E-state index is 12.4. The fraction of sp³-hybridized carbons (Fsp3) is 0.550. The molecule has 0 aromatic heterocycles. The van der Waals surface area contributed by atoms with Crippen LogP contribution in [0.5, 0.6) is 0 Å². The molecule has 1 fully saturated rings. The number of ether oxygens (including phenoxy) is 1. The van der Waals surface area contributed by atoms with Gasteiger partial charge in [-0.25, -0.2) is 4.79 Å². The zero-order valence-corrected chi connectivity index (χ0v) is 17.2. The molecule has 0 bridgehead atoms. The molecular formula is C20H28ClN3O4. The number of amides is 2. The number of benzene rings is 1. The molecule has 1 aliphatic heterocycles. The normalized spacial score (nSPS) is 15.8. The summed E-state index contributed by atoms with van der Waals surface area (Å²) in [6.45, 7) is 4.70. The van der Waals surface area contributed by atoms with Crippen LogP contribution in [0, 0.1) is 0 Å². The largest absolute Gasteiger partial charge is 0.468 e. The standard InChI is InChI=1S/C20H28ClN3O4/c1-3-9-22-17(25)7-8-18(26)23-10-12-24(13-11-23)19(20(27)28-2)15-5-4-6-16(21)14-15/h4-6,14,19H,3,7-13H2,1-2H3,(H,22,25)/t19-/m0/s1. The van der Waals surface area contributed by atoms with Gasteiger partial charge in [-0.3, -0.25) is 14.5 Å². The lowest BCUT2D eigenvalue weighted by molar-refractivity contribution is -0.148. The number of esters is 1. The third-order valence-corrected chi connectivity index (χ3v) is 4.99. The van der Waals surface area contributed by atoms with Gasteiger partial charge in [0.1, 0.15) is 6.04 Å². The van der Waals surface area contributed by atoms with Crippen LogP contribution in [0.2, 0.25) is 5.02 Å². The van der Waals surface area contributed by atoms with Crippen LogP contribution in [0.4, 0.5) is 0 Å². The van der Waals surface area contributed by atoms with Crippen LogP contribution in [0.3, 0.4) is 0 Å². The summed E-state index contributed by atoms with van der Waals surface area (Å²) in [5, 5.41) is 3.33. The summed E-state index contributed by atoms with van der Waals surface area (Å²) in [4.78, 5) is 40.2. The highest BCUT2D eigenvalue weighted by Crippen LogP contribution is 2.26. The van der Waals surface area contributed by atoms with Crippen molar-refractivity contribution >= 4 is 29.4 Å². The summed E-state index contributed by atoms with van der Waals surface area (Å²) in [6.07, 6.45) is 1.27. The molecule has 7 nitrogen and oxygen atoms in total. The molecule has 0 unspecified atom stereocenters. The molecule has 1 N–H and O–H groups in total. The molecule has 154 valence electrons. The Kier molecular flexibility index (Phi) is 8.73. The topological polar surface area (TPSA) is 79.0 Å². The molecule has 0 spiro atoms. The minimum Gasteiger partial charge on any atom is -0.468 e. The summed E-state index contributed by atoms with van der Waals surface area (Å²) in [5.41, 5.74) is 0.770. The highest BCUT2D eigenvalue weighted by Gasteiger charge is 2.32. The van der Waals surface area contributed by atoms with Gasteiger partial charge in [0.15, 0.2) is 0 Å². The summed E-state index contributed by atoms with van der Waals surface area (Å²) in [6, 6.07) is 6.61. The van der Waals surface area contributed by atoms with E-state index in [1.54, 1.807) is 23.1 Å². The molecule has 1 aromatic rings. The van der Waals surface area contributed by atoms with E-state index >= 15 is 0 Å². The number of piperazine rings is 1. The molecule has 0 aliphatic carbocycles. The van der Waals surface area contributed by atoms with E-state index in [-0.39, 0.29) is 30.6 Å². The minimum atomic E-state index is -0.555. The lowest BCUT2D eigenvalue weighted by Gasteiger charge is -2.38. The number of halogens is 1. The number of methoxy groups -OCH3 is 1. The van der Waals surface area contributed by atoms with Gasteiger partial charge in [0.05, 0.1) is 7.11 Å². The zero-order valence-electron chi connectivity index (χ0n) is 16.4. The second-order valence-corrected chi connectivity index (χ2v) is 7.18. The summed E-state index contributed by atoms with van der Waals surface area (Å²) >= 11 is 6.08. The fourth-order valence-electron chi connectivity index (χ4n) is 3.25. The monoisotopic (exact) mass is 409 g/mol. The van der Waals surface area contributed by atoms with Crippen LogP contribution < -0.4 is 5.32 Å². The molecule has 1 saturated heterocycles. The van der Waals surface area contributed by atoms with E-state index in [9.17, 15) is 14.4 Å². The third kappa shape index (κ3) is 6.21. The summed E-state index contributed by atoms with van der Waals surface area (Å²) in [7, 11) is 1.36. The molecule has 1 aromatic carbocycles. The molecule has 0 radical (unpaired) electrons. The van der Waals surface area contributed by atoms with Gasteiger partial charge < -0.3 is 15.0 Å². The second kappa shape index (κ2) is 11.0. The molecule has 8 heteroatoms. The average molecular weight is 410 g/mol. The van der Waals surface area contributed by atoms with Crippen molar-refractivity contribution in [1.29, 1.82) is 0 Å². The lowest BCUT2D eigenvalue weighted by atomic mass is 10.0. The molecule has 2 amide bonds. The Morgan fingerprint density at radius 1 is 1.18 bits per heavy atom. The van der Waals surface area contributed by atoms with Gasteiger partial charge in [0.2, 0.25) is 11.8 Å². The Bertz CT molecular complexity index is 690. The first-order valence-corrected chi connectivity index (χ1v) is 9.95. The van der Waals surface area contributed by atoms with E-state index < -0.39 is 6.04 Å². The van der Waals surface area contributed by atoms with Gasteiger partial charge in [-0.05, 0) is 24.1 Å². The van der Waals surface area contributed by atoms with Crippen molar-refractivity contribution in [2.75, 3.05) is 39.8 Å². The minimum absolute atomic E-state index is 0.0383. The van der Waals surface area contributed by atoms with Crippen molar-refractivity contribution < 1.29 is 19.1 Å². The van der Waals surface area contributed by atoms with Crippen LogP contribution in [0.25, 0.3) is 0 Å². The van der Waals surface area contributed by atoms with E-state index in [0.29, 0.717) is 37.7 Å². The molecule has 1 atom stereocenters. The summed E-state index contributed by atoms with van der Waals surface area (Å²) in [5.74, 6) is -0.487. The number of hydrogen-bond donors (Lipinski definition) is 1. The first kappa shape index (κ1) is 22.2. The maximum Gasteiger partial charge on any atom is 0.327 e. The molecular weight excluding hydrogens is 382 g/mol. The van der Waals surface area contributed by atoms with Gasteiger partial charge in [-0.2, -0.15) is 0 Å².